The number of carbonyl (C=O) groups is 2. The summed E-state index contributed by atoms with van der Waals surface area (Å²) in [6.45, 7) is 8.46. The second-order valence-electron chi connectivity index (χ2n) is 6.09. The van der Waals surface area contributed by atoms with Crippen LogP contribution in [0.2, 0.25) is 0 Å². The molecule has 5 heteroatoms. The molecule has 0 bridgehead atoms. The second kappa shape index (κ2) is 7.90. The molecule has 1 aromatic carbocycles. The van der Waals surface area contributed by atoms with E-state index >= 15 is 0 Å². The third-order valence-corrected chi connectivity index (χ3v) is 3.99. The molecule has 0 N–H and O–H groups in total. The van der Waals surface area contributed by atoms with Crippen LogP contribution < -0.4 is 4.68 Å². The number of carbonyl (C=O) groups excluding carboxylic acids is 2. The van der Waals surface area contributed by atoms with E-state index in [9.17, 15) is 9.59 Å². The van der Waals surface area contributed by atoms with Crippen molar-refractivity contribution in [1.29, 1.82) is 0 Å². The van der Waals surface area contributed by atoms with Crippen molar-refractivity contribution in [2.75, 3.05) is 6.61 Å². The van der Waals surface area contributed by atoms with Crippen LogP contribution in [0.5, 0.6) is 0 Å². The highest BCUT2D eigenvalue weighted by Crippen LogP contribution is 2.14. The van der Waals surface area contributed by atoms with E-state index in [1.165, 1.54) is 0 Å². The van der Waals surface area contributed by atoms with Crippen LogP contribution in [0.25, 0.3) is 0 Å². The van der Waals surface area contributed by atoms with Gasteiger partial charge < -0.3 is 4.74 Å². The Labute approximate surface area is 142 Å². The zero-order chi connectivity index (χ0) is 17.7. The van der Waals surface area contributed by atoms with Gasteiger partial charge in [0.2, 0.25) is 12.3 Å². The standard InChI is InChI=1S/C19H25N2O3/c1-5-24-19(23)13-21-11-14(2)10-20(21)12-17(22)9-18-15(3)7-6-8-16(18)4/h6-8,10-11H,5,9,12-13H2,1-4H3/q+1. The van der Waals surface area contributed by atoms with Crippen molar-refractivity contribution in [1.82, 2.24) is 4.68 Å². The van der Waals surface area contributed by atoms with E-state index in [0.29, 0.717) is 13.0 Å². The van der Waals surface area contributed by atoms with Crippen LogP contribution in [-0.4, -0.2) is 23.0 Å². The Hall–Kier alpha value is -2.43. The summed E-state index contributed by atoms with van der Waals surface area (Å²) in [7, 11) is 0. The van der Waals surface area contributed by atoms with Gasteiger partial charge in [-0.25, -0.2) is 4.79 Å². The molecule has 0 radical (unpaired) electrons. The Balaban J connectivity index is 2.10. The number of hydrogen-bond acceptors (Lipinski definition) is 3. The largest absolute Gasteiger partial charge is 0.464 e. The molecular weight excluding hydrogens is 304 g/mol. The molecule has 2 aromatic rings. The number of benzene rings is 1. The molecule has 1 heterocycles. The Morgan fingerprint density at radius 2 is 1.83 bits per heavy atom. The van der Waals surface area contributed by atoms with Gasteiger partial charge in [0.1, 0.15) is 0 Å². The molecule has 24 heavy (non-hydrogen) atoms. The fourth-order valence-corrected chi connectivity index (χ4v) is 2.83. The Morgan fingerprint density at radius 3 is 2.46 bits per heavy atom. The maximum atomic E-state index is 12.5. The fourth-order valence-electron chi connectivity index (χ4n) is 2.83. The van der Waals surface area contributed by atoms with Crippen molar-refractivity contribution in [2.45, 2.75) is 47.2 Å². The predicted octanol–water partition coefficient (Wildman–Crippen LogP) is 2.08. The van der Waals surface area contributed by atoms with Crippen LogP contribution in [0, 0.1) is 20.8 Å². The Bertz CT molecular complexity index is 727. The molecule has 2 rings (SSSR count). The van der Waals surface area contributed by atoms with Gasteiger partial charge in [0, 0.05) is 12.0 Å². The van der Waals surface area contributed by atoms with Crippen LogP contribution in [0.15, 0.2) is 30.6 Å². The van der Waals surface area contributed by atoms with Crippen LogP contribution in [0.4, 0.5) is 0 Å². The molecule has 0 atom stereocenters. The summed E-state index contributed by atoms with van der Waals surface area (Å²) in [5.41, 5.74) is 4.35. The van der Waals surface area contributed by atoms with E-state index in [2.05, 4.69) is 0 Å². The third-order valence-electron chi connectivity index (χ3n) is 3.99. The minimum absolute atomic E-state index is 0.109. The molecule has 0 saturated heterocycles. The maximum absolute atomic E-state index is 12.5. The van der Waals surface area contributed by atoms with Gasteiger partial charge in [-0.2, -0.15) is 0 Å². The predicted molar refractivity (Wildman–Crippen MR) is 90.6 cm³/mol. The second-order valence-corrected chi connectivity index (χ2v) is 6.09. The molecule has 0 aliphatic carbocycles. The molecule has 0 amide bonds. The number of nitrogens with zero attached hydrogens (tertiary/aromatic N) is 2. The first-order valence-electron chi connectivity index (χ1n) is 8.19. The molecular formula is C19H25N2O3+. The molecule has 0 aliphatic heterocycles. The summed E-state index contributed by atoms with van der Waals surface area (Å²) in [5, 5.41) is 0. The van der Waals surface area contributed by atoms with Gasteiger partial charge in [-0.05, 0) is 44.4 Å². The molecule has 128 valence electrons. The highest BCUT2D eigenvalue weighted by Gasteiger charge is 2.19. The van der Waals surface area contributed by atoms with Gasteiger partial charge >= 0.3 is 5.97 Å². The van der Waals surface area contributed by atoms with Gasteiger partial charge in [0.25, 0.3) is 0 Å². The van der Waals surface area contributed by atoms with E-state index in [4.69, 9.17) is 4.74 Å². The van der Waals surface area contributed by atoms with Crippen LogP contribution >= 0.6 is 0 Å². The van der Waals surface area contributed by atoms with E-state index in [1.54, 1.807) is 16.3 Å². The van der Waals surface area contributed by atoms with Crippen molar-refractivity contribution < 1.29 is 19.0 Å². The summed E-state index contributed by atoms with van der Waals surface area (Å²) in [4.78, 5) is 24.2. The Kier molecular flexibility index (Phi) is 5.90. The smallest absolute Gasteiger partial charge is 0.331 e. The quantitative estimate of drug-likeness (QED) is 0.577. The SMILES string of the molecule is CCOC(=O)Cn1cc(C)c[n+]1CC(=O)Cc1c(C)cccc1C. The van der Waals surface area contributed by atoms with Crippen LogP contribution in [0.1, 0.15) is 29.2 Å². The highest BCUT2D eigenvalue weighted by molar-refractivity contribution is 5.80. The third kappa shape index (κ3) is 4.54. The summed E-state index contributed by atoms with van der Waals surface area (Å²) in [6.07, 6.45) is 4.13. The lowest BCUT2D eigenvalue weighted by Crippen LogP contribution is -2.47. The molecule has 0 aliphatic rings. The minimum Gasteiger partial charge on any atom is -0.464 e. The van der Waals surface area contributed by atoms with Crippen molar-refractivity contribution in [3.63, 3.8) is 0 Å². The van der Waals surface area contributed by atoms with Crippen molar-refractivity contribution in [3.05, 3.63) is 52.8 Å². The number of esters is 1. The topological polar surface area (TPSA) is 52.2 Å². The van der Waals surface area contributed by atoms with Crippen LogP contribution in [0.3, 0.4) is 0 Å². The summed E-state index contributed by atoms with van der Waals surface area (Å²) in [5.74, 6) is -0.190. The molecule has 0 spiro atoms. The number of aromatic nitrogens is 2. The number of ether oxygens (including phenoxy) is 1. The lowest BCUT2D eigenvalue weighted by molar-refractivity contribution is -0.763. The maximum Gasteiger partial charge on any atom is 0.331 e. The first kappa shape index (κ1) is 17.9. The number of hydrogen-bond donors (Lipinski definition) is 0. The van der Waals surface area contributed by atoms with Gasteiger partial charge in [-0.3, -0.25) is 4.79 Å². The van der Waals surface area contributed by atoms with E-state index < -0.39 is 0 Å². The first-order chi connectivity index (χ1) is 11.4. The normalized spacial score (nSPS) is 10.7. The van der Waals surface area contributed by atoms with E-state index in [-0.39, 0.29) is 24.8 Å². The summed E-state index contributed by atoms with van der Waals surface area (Å²) < 4.78 is 8.50. The van der Waals surface area contributed by atoms with Gasteiger partial charge in [0.05, 0.1) is 12.8 Å². The summed E-state index contributed by atoms with van der Waals surface area (Å²) in [6, 6.07) is 6.05. The molecule has 0 unspecified atom stereocenters. The number of ketones is 1. The van der Waals surface area contributed by atoms with Crippen LogP contribution in [-0.2, 0) is 33.8 Å². The first-order valence-corrected chi connectivity index (χ1v) is 8.19. The highest BCUT2D eigenvalue weighted by atomic mass is 16.5. The number of rotatable bonds is 7. The molecule has 1 aromatic heterocycles. The van der Waals surface area contributed by atoms with Gasteiger partial charge in [0.15, 0.2) is 12.7 Å². The zero-order valence-corrected chi connectivity index (χ0v) is 14.8. The fraction of sp³-hybridized carbons (Fsp3) is 0.421. The average molecular weight is 329 g/mol. The lowest BCUT2D eigenvalue weighted by atomic mass is 9.98. The molecule has 0 fully saturated rings. The van der Waals surface area contributed by atoms with Gasteiger partial charge in [-0.15, -0.1) is 9.36 Å². The minimum atomic E-state index is -0.302. The average Bonchev–Trinajstić information content (AvgIpc) is 2.82. The van der Waals surface area contributed by atoms with Crippen molar-refractivity contribution in [3.8, 4) is 0 Å². The monoisotopic (exact) mass is 329 g/mol. The zero-order valence-electron chi connectivity index (χ0n) is 14.8. The van der Waals surface area contributed by atoms with Crippen molar-refractivity contribution >= 4 is 11.8 Å². The lowest BCUT2D eigenvalue weighted by Gasteiger charge is -2.08. The molecule has 5 nitrogen and oxygen atoms in total. The van der Waals surface area contributed by atoms with Crippen molar-refractivity contribution in [2.24, 2.45) is 0 Å². The number of Topliss-reactive ketones (excluding diaryl/α,β-unsaturated/α-hetero) is 1. The van der Waals surface area contributed by atoms with Gasteiger partial charge in [-0.1, -0.05) is 18.2 Å². The Morgan fingerprint density at radius 1 is 1.17 bits per heavy atom. The van der Waals surface area contributed by atoms with E-state index in [0.717, 1.165) is 22.3 Å². The summed E-state index contributed by atoms with van der Waals surface area (Å²) >= 11 is 0. The van der Waals surface area contributed by atoms with E-state index in [1.807, 2.05) is 51.4 Å². The number of aryl methyl sites for hydroxylation is 3. The molecule has 0 saturated carbocycles.